The molecule has 0 amide bonds. The molecule has 104 valence electrons. The number of rotatable bonds is 3. The van der Waals surface area contributed by atoms with E-state index in [9.17, 15) is 13.2 Å². The molecule has 0 bridgehead atoms. The fourth-order valence-corrected chi connectivity index (χ4v) is 4.37. The van der Waals surface area contributed by atoms with Gasteiger partial charge >= 0.3 is 5.97 Å². The molecule has 1 atom stereocenters. The number of sulfone groups is 1. The average molecular weight is 305 g/mol. The van der Waals surface area contributed by atoms with Crippen molar-refractivity contribution in [2.45, 2.75) is 18.9 Å². The van der Waals surface area contributed by atoms with Crippen LogP contribution in [0.1, 0.15) is 23.7 Å². The Bertz CT molecular complexity index is 632. The lowest BCUT2D eigenvalue weighted by atomic mass is 10.0. The lowest BCUT2D eigenvalue weighted by molar-refractivity contribution is 0.0697. The highest BCUT2D eigenvalue weighted by Crippen LogP contribution is 2.28. The molecule has 1 unspecified atom stereocenters. The summed E-state index contributed by atoms with van der Waals surface area (Å²) in [6, 6.07) is 1.31. The second kappa shape index (κ2) is 4.64. The Morgan fingerprint density at radius 3 is 2.79 bits per heavy atom. The van der Waals surface area contributed by atoms with E-state index >= 15 is 0 Å². The van der Waals surface area contributed by atoms with E-state index in [1.165, 1.54) is 12.3 Å². The number of halogens is 1. The van der Waals surface area contributed by atoms with E-state index in [0.717, 1.165) is 0 Å². The molecule has 1 saturated heterocycles. The molecular weight excluding hydrogens is 292 g/mol. The first-order valence-corrected chi connectivity index (χ1v) is 7.78. The zero-order valence-corrected chi connectivity index (χ0v) is 11.8. The second-order valence-corrected chi connectivity index (χ2v) is 7.47. The Morgan fingerprint density at radius 1 is 1.58 bits per heavy atom. The van der Waals surface area contributed by atoms with Crippen LogP contribution in [0.15, 0.2) is 12.3 Å². The number of aromatic nitrogens is 1. The molecule has 0 saturated carbocycles. The normalized spacial score (nSPS) is 25.2. The van der Waals surface area contributed by atoms with Gasteiger partial charge in [0, 0.05) is 6.20 Å². The lowest BCUT2D eigenvalue weighted by Gasteiger charge is -2.24. The number of carboxylic acid groups (broad SMARTS) is 1. The quantitative estimate of drug-likeness (QED) is 0.876. The molecule has 2 heterocycles. The van der Waals surface area contributed by atoms with Crippen LogP contribution in [0.25, 0.3) is 0 Å². The molecule has 1 aromatic rings. The van der Waals surface area contributed by atoms with Crippen LogP contribution >= 0.6 is 11.6 Å². The van der Waals surface area contributed by atoms with Crippen LogP contribution in [0.3, 0.4) is 0 Å². The summed E-state index contributed by atoms with van der Waals surface area (Å²) < 4.78 is 23.0. The Balaban J connectivity index is 2.25. The van der Waals surface area contributed by atoms with Gasteiger partial charge in [-0.15, -0.1) is 0 Å². The number of hydrogen-bond acceptors (Lipinski definition) is 5. The second-order valence-electron chi connectivity index (χ2n) is 4.88. The van der Waals surface area contributed by atoms with Crippen molar-refractivity contribution in [2.24, 2.45) is 0 Å². The third-order valence-corrected chi connectivity index (χ3v) is 5.22. The van der Waals surface area contributed by atoms with Crippen LogP contribution in [0.4, 0.5) is 5.82 Å². The van der Waals surface area contributed by atoms with E-state index in [4.69, 9.17) is 16.7 Å². The number of pyridine rings is 1. The van der Waals surface area contributed by atoms with E-state index in [-0.39, 0.29) is 22.1 Å². The Morgan fingerprint density at radius 2 is 2.26 bits per heavy atom. The van der Waals surface area contributed by atoms with Gasteiger partial charge in [0.15, 0.2) is 9.84 Å². The predicted molar refractivity (Wildman–Crippen MR) is 71.5 cm³/mol. The number of nitrogens with one attached hydrogen (secondary N) is 1. The summed E-state index contributed by atoms with van der Waals surface area (Å²) >= 11 is 5.72. The van der Waals surface area contributed by atoms with E-state index in [1.807, 2.05) is 0 Å². The highest BCUT2D eigenvalue weighted by atomic mass is 35.5. The van der Waals surface area contributed by atoms with Gasteiger partial charge in [0.2, 0.25) is 0 Å². The first-order valence-electron chi connectivity index (χ1n) is 5.58. The van der Waals surface area contributed by atoms with Crippen LogP contribution < -0.4 is 5.32 Å². The van der Waals surface area contributed by atoms with Gasteiger partial charge in [-0.2, -0.15) is 0 Å². The maximum absolute atomic E-state index is 11.5. The molecular formula is C11H13ClN2O4S. The molecule has 2 N–H and O–H groups in total. The number of carbonyl (C=O) groups is 1. The maximum Gasteiger partial charge on any atom is 0.337 e. The van der Waals surface area contributed by atoms with Crippen molar-refractivity contribution in [2.75, 3.05) is 16.8 Å². The zero-order chi connectivity index (χ0) is 14.3. The number of aromatic carboxylic acids is 1. The molecule has 8 heteroatoms. The Hall–Kier alpha value is -1.34. The molecule has 0 spiro atoms. The van der Waals surface area contributed by atoms with Gasteiger partial charge < -0.3 is 10.4 Å². The van der Waals surface area contributed by atoms with Crippen LogP contribution in [0.2, 0.25) is 5.02 Å². The first kappa shape index (κ1) is 14.1. The highest BCUT2D eigenvalue weighted by Gasteiger charge is 2.38. The van der Waals surface area contributed by atoms with Gasteiger partial charge in [0.05, 0.1) is 27.6 Å². The van der Waals surface area contributed by atoms with Crippen molar-refractivity contribution < 1.29 is 18.3 Å². The first-order chi connectivity index (χ1) is 8.71. The largest absolute Gasteiger partial charge is 0.478 e. The van der Waals surface area contributed by atoms with Crippen molar-refractivity contribution in [1.29, 1.82) is 0 Å². The molecule has 19 heavy (non-hydrogen) atoms. The summed E-state index contributed by atoms with van der Waals surface area (Å²) in [4.78, 5) is 14.9. The molecule has 6 nitrogen and oxygen atoms in total. The summed E-state index contributed by atoms with van der Waals surface area (Å²) in [5, 5.41) is 12.0. The maximum atomic E-state index is 11.5. The minimum absolute atomic E-state index is 0.00666. The monoisotopic (exact) mass is 304 g/mol. The fourth-order valence-electron chi connectivity index (χ4n) is 2.09. The summed E-state index contributed by atoms with van der Waals surface area (Å²) in [6.07, 6.45) is 1.70. The van der Waals surface area contributed by atoms with Gasteiger partial charge in [-0.25, -0.2) is 18.2 Å². The minimum atomic E-state index is -3.04. The van der Waals surface area contributed by atoms with Crippen LogP contribution in [-0.2, 0) is 9.84 Å². The van der Waals surface area contributed by atoms with E-state index in [0.29, 0.717) is 12.2 Å². The van der Waals surface area contributed by atoms with Gasteiger partial charge in [-0.05, 0) is 19.4 Å². The van der Waals surface area contributed by atoms with Crippen molar-refractivity contribution in [3.8, 4) is 0 Å². The SMILES string of the molecule is CC1(Nc2cc(C(=O)O)c(Cl)cn2)CCS(=O)(=O)C1. The van der Waals surface area contributed by atoms with Crippen molar-refractivity contribution in [3.05, 3.63) is 22.8 Å². The molecule has 0 aromatic carbocycles. The third kappa shape index (κ3) is 3.16. The minimum Gasteiger partial charge on any atom is -0.478 e. The summed E-state index contributed by atoms with van der Waals surface area (Å²) in [6.45, 7) is 1.77. The molecule has 1 aliphatic rings. The molecule has 1 aliphatic heterocycles. The zero-order valence-electron chi connectivity index (χ0n) is 10.2. The fraction of sp³-hybridized carbons (Fsp3) is 0.455. The van der Waals surface area contributed by atoms with Crippen LogP contribution in [0, 0.1) is 0 Å². The topological polar surface area (TPSA) is 96.4 Å². The lowest BCUT2D eigenvalue weighted by Crippen LogP contribution is -2.36. The van der Waals surface area contributed by atoms with E-state index < -0.39 is 21.3 Å². The van der Waals surface area contributed by atoms with E-state index in [1.54, 1.807) is 6.92 Å². The Kier molecular flexibility index (Phi) is 3.44. The van der Waals surface area contributed by atoms with Gasteiger partial charge in [0.25, 0.3) is 0 Å². The van der Waals surface area contributed by atoms with Crippen molar-refractivity contribution >= 4 is 33.2 Å². The number of carboxylic acids is 1. The van der Waals surface area contributed by atoms with Gasteiger partial charge in [0.1, 0.15) is 5.82 Å². The van der Waals surface area contributed by atoms with Crippen molar-refractivity contribution in [3.63, 3.8) is 0 Å². The molecule has 0 radical (unpaired) electrons. The standard InChI is InChI=1S/C11H13ClN2O4S/c1-11(2-3-19(17,18)6-11)14-9-4-7(10(15)16)8(12)5-13-9/h4-5H,2-3,6H2,1H3,(H,13,14)(H,15,16). The number of anilines is 1. The Labute approximate surface area is 115 Å². The average Bonchev–Trinajstić information content (AvgIpc) is 2.55. The van der Waals surface area contributed by atoms with Crippen LogP contribution in [-0.4, -0.2) is 41.5 Å². The third-order valence-electron chi connectivity index (χ3n) is 3.02. The number of nitrogens with zero attached hydrogens (tertiary/aromatic N) is 1. The van der Waals surface area contributed by atoms with E-state index in [2.05, 4.69) is 10.3 Å². The highest BCUT2D eigenvalue weighted by molar-refractivity contribution is 7.91. The molecule has 0 aliphatic carbocycles. The molecule has 1 aromatic heterocycles. The van der Waals surface area contributed by atoms with Crippen molar-refractivity contribution in [1.82, 2.24) is 4.98 Å². The van der Waals surface area contributed by atoms with Gasteiger partial charge in [-0.3, -0.25) is 0 Å². The summed E-state index contributed by atoms with van der Waals surface area (Å²) in [5.74, 6) is -0.719. The molecule has 1 fully saturated rings. The predicted octanol–water partition coefficient (Wildman–Crippen LogP) is 1.42. The van der Waals surface area contributed by atoms with Crippen LogP contribution in [0.5, 0.6) is 0 Å². The smallest absolute Gasteiger partial charge is 0.337 e. The van der Waals surface area contributed by atoms with Gasteiger partial charge in [-0.1, -0.05) is 11.6 Å². The molecule has 2 rings (SSSR count). The summed E-state index contributed by atoms with van der Waals surface area (Å²) in [5.41, 5.74) is -0.696. The summed E-state index contributed by atoms with van der Waals surface area (Å²) in [7, 11) is -3.04. The number of hydrogen-bond donors (Lipinski definition) is 2.